The summed E-state index contributed by atoms with van der Waals surface area (Å²) < 4.78 is 0. The van der Waals surface area contributed by atoms with Gasteiger partial charge in [0.05, 0.1) is 5.71 Å². The van der Waals surface area contributed by atoms with Crippen LogP contribution in [0.1, 0.15) is 26.2 Å². The van der Waals surface area contributed by atoms with Crippen molar-refractivity contribution in [3.63, 3.8) is 0 Å². The summed E-state index contributed by atoms with van der Waals surface area (Å²) in [6, 6.07) is 0. The minimum atomic E-state index is 0.615. The van der Waals surface area contributed by atoms with Crippen LogP contribution in [0, 0.1) is 0 Å². The molecule has 4 nitrogen and oxygen atoms in total. The summed E-state index contributed by atoms with van der Waals surface area (Å²) in [6.07, 6.45) is 3.37. The van der Waals surface area contributed by atoms with Crippen molar-refractivity contribution in [3.8, 4) is 0 Å². The number of oxime groups is 2. The maximum atomic E-state index is 8.31. The second-order valence-corrected chi connectivity index (χ2v) is 1.86. The maximum absolute atomic E-state index is 8.31. The summed E-state index contributed by atoms with van der Waals surface area (Å²) in [7, 11) is 0. The van der Waals surface area contributed by atoms with E-state index in [1.54, 1.807) is 0 Å². The molecule has 0 fully saturated rings. The SMILES string of the molecule is CC/C(CC/C=N/O)=N\O. The van der Waals surface area contributed by atoms with Gasteiger partial charge in [0.1, 0.15) is 0 Å². The molecule has 0 unspecified atom stereocenters. The number of rotatable bonds is 4. The third-order valence-corrected chi connectivity index (χ3v) is 1.19. The standard InChI is InChI=1S/C6H12N2O2/c1-2-6(8-10)4-3-5-7-9/h5,9-10H,2-4H2,1H3/b7-5+,8-6+. The van der Waals surface area contributed by atoms with E-state index in [-0.39, 0.29) is 0 Å². The van der Waals surface area contributed by atoms with Gasteiger partial charge in [-0.2, -0.15) is 0 Å². The van der Waals surface area contributed by atoms with Gasteiger partial charge in [0.25, 0.3) is 0 Å². The van der Waals surface area contributed by atoms with Crippen LogP contribution in [-0.2, 0) is 0 Å². The Morgan fingerprint density at radius 2 is 2.20 bits per heavy atom. The van der Waals surface area contributed by atoms with Gasteiger partial charge in [0.15, 0.2) is 0 Å². The van der Waals surface area contributed by atoms with Crippen molar-refractivity contribution in [2.24, 2.45) is 10.3 Å². The zero-order valence-electron chi connectivity index (χ0n) is 5.99. The second-order valence-electron chi connectivity index (χ2n) is 1.86. The number of nitrogens with zero attached hydrogens (tertiary/aromatic N) is 2. The molecule has 58 valence electrons. The summed E-state index contributed by atoms with van der Waals surface area (Å²) in [5.74, 6) is 0. The van der Waals surface area contributed by atoms with E-state index in [0.29, 0.717) is 12.8 Å². The van der Waals surface area contributed by atoms with E-state index in [1.807, 2.05) is 6.92 Å². The minimum Gasteiger partial charge on any atom is -0.411 e. The molecule has 0 radical (unpaired) electrons. The van der Waals surface area contributed by atoms with Gasteiger partial charge in [-0.15, -0.1) is 5.16 Å². The lowest BCUT2D eigenvalue weighted by atomic mass is 10.2. The predicted molar refractivity (Wildman–Crippen MR) is 39.0 cm³/mol. The molecular weight excluding hydrogens is 132 g/mol. The average molecular weight is 144 g/mol. The van der Waals surface area contributed by atoms with Gasteiger partial charge < -0.3 is 10.4 Å². The fourth-order valence-corrected chi connectivity index (χ4v) is 0.586. The summed E-state index contributed by atoms with van der Waals surface area (Å²) in [6.45, 7) is 1.91. The summed E-state index contributed by atoms with van der Waals surface area (Å²) >= 11 is 0. The number of hydrogen-bond donors (Lipinski definition) is 2. The van der Waals surface area contributed by atoms with Gasteiger partial charge in [-0.3, -0.25) is 0 Å². The van der Waals surface area contributed by atoms with Crippen molar-refractivity contribution < 1.29 is 10.4 Å². The van der Waals surface area contributed by atoms with E-state index in [4.69, 9.17) is 10.4 Å². The zero-order valence-corrected chi connectivity index (χ0v) is 5.99. The highest BCUT2D eigenvalue weighted by Gasteiger charge is 1.93. The van der Waals surface area contributed by atoms with Crippen LogP contribution in [0.4, 0.5) is 0 Å². The predicted octanol–water partition coefficient (Wildman–Crippen LogP) is 1.47. The molecule has 0 aromatic carbocycles. The van der Waals surface area contributed by atoms with Crippen LogP contribution < -0.4 is 0 Å². The van der Waals surface area contributed by atoms with Crippen molar-refractivity contribution in [2.75, 3.05) is 0 Å². The molecule has 2 N–H and O–H groups in total. The first kappa shape index (κ1) is 8.94. The lowest BCUT2D eigenvalue weighted by molar-refractivity contribution is 0.315. The molecule has 0 saturated carbocycles. The van der Waals surface area contributed by atoms with Crippen molar-refractivity contribution in [1.29, 1.82) is 0 Å². The van der Waals surface area contributed by atoms with Crippen LogP contribution in [0.3, 0.4) is 0 Å². The van der Waals surface area contributed by atoms with Gasteiger partial charge in [0.2, 0.25) is 0 Å². The van der Waals surface area contributed by atoms with Crippen molar-refractivity contribution >= 4 is 11.9 Å². The van der Waals surface area contributed by atoms with E-state index < -0.39 is 0 Å². The number of hydrogen-bond acceptors (Lipinski definition) is 4. The van der Waals surface area contributed by atoms with Gasteiger partial charge in [0, 0.05) is 6.21 Å². The highest BCUT2D eigenvalue weighted by atomic mass is 16.4. The lowest BCUT2D eigenvalue weighted by Gasteiger charge is -1.94. The van der Waals surface area contributed by atoms with Crippen LogP contribution in [0.25, 0.3) is 0 Å². The molecule has 0 amide bonds. The topological polar surface area (TPSA) is 65.2 Å². The Morgan fingerprint density at radius 1 is 1.50 bits per heavy atom. The van der Waals surface area contributed by atoms with Crippen LogP contribution in [0.2, 0.25) is 0 Å². The molecule has 0 rings (SSSR count). The molecule has 0 aliphatic rings. The molecule has 0 atom stereocenters. The Morgan fingerprint density at radius 3 is 2.60 bits per heavy atom. The second kappa shape index (κ2) is 6.07. The van der Waals surface area contributed by atoms with Crippen LogP contribution in [0.5, 0.6) is 0 Å². The smallest absolute Gasteiger partial charge is 0.0571 e. The van der Waals surface area contributed by atoms with E-state index in [0.717, 1.165) is 12.1 Å². The Hall–Kier alpha value is -1.06. The van der Waals surface area contributed by atoms with E-state index >= 15 is 0 Å². The highest BCUT2D eigenvalue weighted by Crippen LogP contribution is 1.94. The van der Waals surface area contributed by atoms with Crippen LogP contribution in [0.15, 0.2) is 10.3 Å². The molecule has 4 heteroatoms. The molecule has 0 heterocycles. The summed E-state index contributed by atoms with van der Waals surface area (Å²) in [5, 5.41) is 22.2. The average Bonchev–Trinajstić information content (AvgIpc) is 1.99. The molecule has 0 spiro atoms. The van der Waals surface area contributed by atoms with E-state index in [9.17, 15) is 0 Å². The van der Waals surface area contributed by atoms with E-state index in [1.165, 1.54) is 6.21 Å². The van der Waals surface area contributed by atoms with Crippen molar-refractivity contribution in [1.82, 2.24) is 0 Å². The van der Waals surface area contributed by atoms with Crippen molar-refractivity contribution in [3.05, 3.63) is 0 Å². The fourth-order valence-electron chi connectivity index (χ4n) is 0.586. The Kier molecular flexibility index (Phi) is 5.42. The van der Waals surface area contributed by atoms with Crippen LogP contribution >= 0.6 is 0 Å². The Balaban J connectivity index is 3.46. The highest BCUT2D eigenvalue weighted by molar-refractivity contribution is 5.85. The molecular formula is C6H12N2O2. The van der Waals surface area contributed by atoms with Gasteiger partial charge in [-0.1, -0.05) is 12.1 Å². The minimum absolute atomic E-state index is 0.615. The van der Waals surface area contributed by atoms with E-state index in [2.05, 4.69) is 10.3 Å². The zero-order chi connectivity index (χ0) is 7.82. The third kappa shape index (κ3) is 3.88. The van der Waals surface area contributed by atoms with Gasteiger partial charge in [-0.25, -0.2) is 0 Å². The third-order valence-electron chi connectivity index (χ3n) is 1.19. The molecule has 0 aliphatic carbocycles. The molecule has 0 aliphatic heterocycles. The maximum Gasteiger partial charge on any atom is 0.0571 e. The molecule has 0 bridgehead atoms. The molecule has 0 saturated heterocycles. The largest absolute Gasteiger partial charge is 0.411 e. The Labute approximate surface area is 59.9 Å². The first-order valence-corrected chi connectivity index (χ1v) is 3.20. The van der Waals surface area contributed by atoms with Crippen LogP contribution in [-0.4, -0.2) is 22.3 Å². The first-order valence-electron chi connectivity index (χ1n) is 3.20. The molecule has 0 aromatic heterocycles. The quantitative estimate of drug-likeness (QED) is 0.356. The Bertz CT molecular complexity index is 132. The van der Waals surface area contributed by atoms with Crippen molar-refractivity contribution in [2.45, 2.75) is 26.2 Å². The normalized spacial score (nSPS) is 12.7. The summed E-state index contributed by atoms with van der Waals surface area (Å²) in [4.78, 5) is 0. The first-order chi connectivity index (χ1) is 4.85. The van der Waals surface area contributed by atoms with Gasteiger partial charge in [-0.05, 0) is 19.3 Å². The lowest BCUT2D eigenvalue weighted by Crippen LogP contribution is -1.95. The van der Waals surface area contributed by atoms with Gasteiger partial charge >= 0.3 is 0 Å². The molecule has 10 heavy (non-hydrogen) atoms. The fraction of sp³-hybridized carbons (Fsp3) is 0.667. The monoisotopic (exact) mass is 144 g/mol. The summed E-state index contributed by atoms with van der Waals surface area (Å²) in [5.41, 5.74) is 0.722. The molecule has 0 aromatic rings.